The summed E-state index contributed by atoms with van der Waals surface area (Å²) in [6, 6.07) is -4.13. The SMILES string of the molecule is [2H]c1nc(N(C)[C@@]2([2H])CN(C(=O)C[N+]#[C-])CC[C@@]2([2H])C([2H])([2H])[2H])c2c([2H])c(C)[nH]c2n1.[2H]c1nc(N(C)[C@@]2([2H])CN(C(=O)C[N+]#[C-])CC[C@@]2([2H])C)c2c([2H])c(C)[nH]c2n1.[2H]c1nc(N([C@H]2CN(C(=O)C[N+]#[C-])CC[C@H]2C)C([2H])([2H])[2H])c2c([2H])c(C)[nH]c2n1. The van der Waals surface area contributed by atoms with Crippen LogP contribution in [-0.4, -0.2) is 175 Å². The second-order valence-electron chi connectivity index (χ2n) is 17.6. The summed E-state index contributed by atoms with van der Waals surface area (Å²) in [5.74, 6) is -4.75. The Balaban J connectivity index is 0.000000189. The van der Waals surface area contributed by atoms with E-state index in [1.165, 1.54) is 26.6 Å². The van der Waals surface area contributed by atoms with Crippen LogP contribution in [0.4, 0.5) is 17.5 Å². The van der Waals surface area contributed by atoms with E-state index in [1.807, 2.05) is 6.92 Å². The van der Waals surface area contributed by atoms with Crippen LogP contribution in [-0.2, 0) is 14.4 Å². The molecule has 0 saturated carbocycles. The maximum atomic E-state index is 12.3. The molecule has 9 rings (SSSR count). The molecule has 6 aromatic heterocycles. The molecule has 3 fully saturated rings. The summed E-state index contributed by atoms with van der Waals surface area (Å²) in [5, 5.41) is 0.814. The van der Waals surface area contributed by atoms with E-state index in [9.17, 15) is 14.4 Å². The molecule has 3 N–H and O–H groups in total. The van der Waals surface area contributed by atoms with Crippen LogP contribution < -0.4 is 14.7 Å². The molecular weight excluding hydrogens is 913 g/mol. The molecule has 0 spiro atoms. The Morgan fingerprint density at radius 2 is 1.00 bits per heavy atom. The maximum absolute atomic E-state index is 12.3. The molecule has 0 bridgehead atoms. The predicted molar refractivity (Wildman–Crippen MR) is 278 cm³/mol. The van der Waals surface area contributed by atoms with Crippen LogP contribution in [0, 0.1) is 58.2 Å². The fourth-order valence-corrected chi connectivity index (χ4v) is 8.73. The number of aromatic amines is 3. The Morgan fingerprint density at radius 3 is 1.40 bits per heavy atom. The molecule has 3 saturated heterocycles. The summed E-state index contributed by atoms with van der Waals surface area (Å²) >= 11 is 0. The molecule has 378 valence electrons. The van der Waals surface area contributed by atoms with E-state index in [2.05, 4.69) is 59.4 Å². The number of rotatable bonds is 9. The van der Waals surface area contributed by atoms with Crippen LogP contribution in [0.3, 0.4) is 0 Å². The third-order valence-corrected chi connectivity index (χ3v) is 12.7. The van der Waals surface area contributed by atoms with Gasteiger partial charge in [0.1, 0.15) is 57.4 Å². The number of aryl methyl sites for hydroxylation is 3. The minimum atomic E-state index is -2.87. The lowest BCUT2D eigenvalue weighted by Crippen LogP contribution is -2.53. The van der Waals surface area contributed by atoms with Crippen molar-refractivity contribution in [2.24, 2.45) is 17.7 Å². The molecule has 21 heteroatoms. The highest BCUT2D eigenvalue weighted by Crippen LogP contribution is 2.32. The highest BCUT2D eigenvalue weighted by atomic mass is 16.2. The number of piperidine rings is 3. The third-order valence-electron chi connectivity index (χ3n) is 12.7. The van der Waals surface area contributed by atoms with Crippen molar-refractivity contribution in [1.29, 1.82) is 0 Å². The zero-order chi connectivity index (χ0) is 65.7. The van der Waals surface area contributed by atoms with Gasteiger partial charge in [0.15, 0.2) is 0 Å². The van der Waals surface area contributed by atoms with Gasteiger partial charge in [-0.15, -0.1) is 0 Å². The van der Waals surface area contributed by atoms with Crippen molar-refractivity contribution in [3.63, 3.8) is 0 Å². The maximum Gasteiger partial charge on any atom is 0.302 e. The summed E-state index contributed by atoms with van der Waals surface area (Å²) in [4.78, 5) is 87.0. The van der Waals surface area contributed by atoms with Gasteiger partial charge >= 0.3 is 17.7 Å². The Kier molecular flexibility index (Phi) is 11.0. The first-order valence-electron chi connectivity index (χ1n) is 30.9. The van der Waals surface area contributed by atoms with E-state index in [4.69, 9.17) is 41.6 Å². The van der Waals surface area contributed by atoms with Gasteiger partial charge in [0, 0.05) is 88.4 Å². The molecule has 3 aliphatic heterocycles. The average molecular weight is 995 g/mol. The highest BCUT2D eigenvalue weighted by Gasteiger charge is 2.36. The number of likely N-dealkylation sites (N-methyl/N-ethyl adjacent to an activating group) is 3. The second-order valence-corrected chi connectivity index (χ2v) is 17.6. The molecule has 0 aliphatic carbocycles. The Hall–Kier alpha value is -7.86. The van der Waals surface area contributed by atoms with Gasteiger partial charge in [0.25, 0.3) is 19.6 Å². The number of likely N-dealkylation sites (tertiary alicyclic amines) is 3. The summed E-state index contributed by atoms with van der Waals surface area (Å²) in [7, 11) is 2.96. The molecule has 0 aromatic carbocycles. The van der Waals surface area contributed by atoms with Crippen molar-refractivity contribution < 1.29 is 36.3 Å². The van der Waals surface area contributed by atoms with E-state index in [-0.39, 0.29) is 134 Å². The molecule has 9 heterocycles. The Labute approximate surface area is 443 Å². The first-order chi connectivity index (χ1) is 40.8. The lowest BCUT2D eigenvalue weighted by Gasteiger charge is -2.41. The van der Waals surface area contributed by atoms with Crippen molar-refractivity contribution >= 4 is 68.3 Å². The van der Waals surface area contributed by atoms with Crippen LogP contribution in [0.15, 0.2) is 37.0 Å². The standard InChI is InChI=1S/3C17H22N6O/c3*1-11-5-6-23(15(24)8-18-3)9-14(11)22(4)17-13-7-12(2)21-16(13)19-10-20-17/h3*7,10-11,14H,5-6,8-9H2,1-2,4H3,(H,19,20,21)/t3*11-,14+/m111/s1/i1D3,7D,10D,11D,14D;7D,10D,11D,14D;4D3,7D,10D. The van der Waals surface area contributed by atoms with Gasteiger partial charge < -0.3 is 58.9 Å². The molecule has 72 heavy (non-hydrogen) atoms. The first kappa shape index (κ1) is 34.5. The first-order valence-corrected chi connectivity index (χ1v) is 22.9. The molecule has 3 aliphatic rings. The van der Waals surface area contributed by atoms with Crippen molar-refractivity contribution in [3.05, 3.63) is 88.4 Å². The van der Waals surface area contributed by atoms with Crippen molar-refractivity contribution in [3.8, 4) is 0 Å². The van der Waals surface area contributed by atoms with Crippen molar-refractivity contribution in [2.75, 3.05) is 94.7 Å². The number of H-pyrrole nitrogens is 3. The van der Waals surface area contributed by atoms with Gasteiger partial charge in [-0.1, -0.05) is 20.7 Å². The van der Waals surface area contributed by atoms with E-state index in [0.29, 0.717) is 47.6 Å². The van der Waals surface area contributed by atoms with Crippen LogP contribution >= 0.6 is 0 Å². The minimum Gasteiger partial charge on any atom is -0.354 e. The van der Waals surface area contributed by atoms with Gasteiger partial charge in [-0.3, -0.25) is 14.4 Å². The number of carbonyl (C=O) groups is 3. The fourth-order valence-electron chi connectivity index (χ4n) is 8.73. The third kappa shape index (κ3) is 11.5. The molecule has 0 unspecified atom stereocenters. The summed E-state index contributed by atoms with van der Waals surface area (Å²) in [5.41, 5.74) is 2.27. The van der Waals surface area contributed by atoms with Gasteiger partial charge in [0.2, 0.25) is 0 Å². The van der Waals surface area contributed by atoms with Gasteiger partial charge in [-0.2, -0.15) is 0 Å². The lowest BCUT2D eigenvalue weighted by molar-refractivity contribution is -0.131. The number of hydrogen-bond donors (Lipinski definition) is 3. The monoisotopic (exact) mass is 995 g/mol. The highest BCUT2D eigenvalue weighted by molar-refractivity contribution is 5.90. The summed E-state index contributed by atoms with van der Waals surface area (Å²) in [6.07, 6.45) is -0.506. The van der Waals surface area contributed by atoms with E-state index >= 15 is 0 Å². The number of anilines is 3. The van der Waals surface area contributed by atoms with E-state index < -0.39 is 69.0 Å². The number of fused-ring (bicyclic) bond motifs is 3. The minimum absolute atomic E-state index is 0.00863. The molecule has 6 aromatic rings. The zero-order valence-corrected chi connectivity index (χ0v) is 41.1. The van der Waals surface area contributed by atoms with Crippen LogP contribution in [0.2, 0.25) is 0 Å². The molecule has 0 radical (unpaired) electrons. The smallest absolute Gasteiger partial charge is 0.302 e. The second kappa shape index (κ2) is 22.9. The number of aromatic nitrogens is 9. The molecular formula is C51H66N18O3. The molecule has 21 nitrogen and oxygen atoms in total. The topological polar surface area (TPSA) is 208 Å². The van der Waals surface area contributed by atoms with Gasteiger partial charge in [0.05, 0.1) is 41.1 Å². The number of nitrogens with zero attached hydrogens (tertiary/aromatic N) is 15. The van der Waals surface area contributed by atoms with E-state index in [1.54, 1.807) is 34.7 Å². The Bertz CT molecular complexity index is 3820. The zero-order valence-electron chi connectivity index (χ0n) is 57.1. The van der Waals surface area contributed by atoms with Crippen molar-refractivity contribution in [1.82, 2.24) is 59.6 Å². The predicted octanol–water partition coefficient (Wildman–Crippen LogP) is 5.58. The van der Waals surface area contributed by atoms with Crippen molar-refractivity contribution in [2.45, 2.75) is 78.8 Å². The van der Waals surface area contributed by atoms with Gasteiger partial charge in [-0.25, -0.2) is 49.6 Å². The fraction of sp³-hybridized carbons (Fsp3) is 0.529. The van der Waals surface area contributed by atoms with Crippen LogP contribution in [0.25, 0.3) is 47.6 Å². The lowest BCUT2D eigenvalue weighted by atomic mass is 9.92. The number of amides is 3. The normalized spacial score (nSPS) is 28.5. The average Bonchev–Trinajstić information content (AvgIpc) is 0.837. The summed E-state index contributed by atoms with van der Waals surface area (Å²) < 4.78 is 133. The molecule has 6 atom stereocenters. The number of nitrogens with one attached hydrogen (secondary N) is 3. The Morgan fingerprint density at radius 1 is 0.625 bits per heavy atom. The quantitative estimate of drug-likeness (QED) is 0.152. The summed E-state index contributed by atoms with van der Waals surface area (Å²) in [6.45, 7) is 23.1. The van der Waals surface area contributed by atoms with Crippen LogP contribution in [0.5, 0.6) is 0 Å². The number of hydrogen-bond acceptors (Lipinski definition) is 12. The molecule has 3 amide bonds. The van der Waals surface area contributed by atoms with Crippen LogP contribution in [0.1, 0.15) is 79.0 Å². The van der Waals surface area contributed by atoms with E-state index in [0.717, 1.165) is 9.80 Å². The number of carbonyl (C=O) groups excluding carboxylic acids is 3. The van der Waals surface area contributed by atoms with Gasteiger partial charge in [-0.05, 0) is 75.9 Å². The largest absolute Gasteiger partial charge is 0.354 e.